The lowest BCUT2D eigenvalue weighted by Crippen LogP contribution is -2.15. The minimum Gasteiger partial charge on any atom is -0.477 e. The van der Waals surface area contributed by atoms with Crippen LogP contribution in [0.15, 0.2) is 36.5 Å². The molecule has 0 unspecified atom stereocenters. The van der Waals surface area contributed by atoms with E-state index in [2.05, 4.69) is 10.3 Å². The summed E-state index contributed by atoms with van der Waals surface area (Å²) in [5.41, 5.74) is 1.53. The molecule has 0 aliphatic carbocycles. The number of anilines is 1. The van der Waals surface area contributed by atoms with Crippen LogP contribution >= 0.6 is 0 Å². The average Bonchev–Trinajstić information content (AvgIpc) is 2.44. The molecule has 104 valence electrons. The Morgan fingerprint density at radius 3 is 2.95 bits per heavy atom. The van der Waals surface area contributed by atoms with Crippen molar-refractivity contribution in [2.75, 3.05) is 11.9 Å². The number of carbonyl (C=O) groups excluding carboxylic acids is 1. The molecule has 0 fully saturated rings. The second-order valence-electron chi connectivity index (χ2n) is 4.20. The molecule has 20 heavy (non-hydrogen) atoms. The molecule has 5 heteroatoms. The first-order chi connectivity index (χ1) is 9.61. The molecule has 1 heterocycles. The van der Waals surface area contributed by atoms with E-state index < -0.39 is 5.82 Å². The van der Waals surface area contributed by atoms with E-state index in [1.54, 1.807) is 31.3 Å². The summed E-state index contributed by atoms with van der Waals surface area (Å²) in [4.78, 5) is 16.2. The van der Waals surface area contributed by atoms with E-state index in [1.165, 1.54) is 12.1 Å². The first-order valence-corrected chi connectivity index (χ1v) is 6.27. The Morgan fingerprint density at radius 2 is 2.20 bits per heavy atom. The first kappa shape index (κ1) is 14.0. The van der Waals surface area contributed by atoms with Gasteiger partial charge in [0, 0.05) is 11.9 Å². The van der Waals surface area contributed by atoms with Gasteiger partial charge in [-0.3, -0.25) is 4.79 Å². The molecule has 1 amide bonds. The highest BCUT2D eigenvalue weighted by Gasteiger charge is 2.14. The Balaban J connectivity index is 2.26. The zero-order valence-corrected chi connectivity index (χ0v) is 11.3. The first-order valence-electron chi connectivity index (χ1n) is 6.27. The quantitative estimate of drug-likeness (QED) is 0.931. The van der Waals surface area contributed by atoms with Crippen molar-refractivity contribution < 1.29 is 13.9 Å². The minimum atomic E-state index is -0.401. The van der Waals surface area contributed by atoms with Gasteiger partial charge in [-0.25, -0.2) is 9.37 Å². The van der Waals surface area contributed by atoms with E-state index in [0.29, 0.717) is 17.9 Å². The van der Waals surface area contributed by atoms with Gasteiger partial charge in [-0.15, -0.1) is 0 Å². The molecule has 0 atom stereocenters. The number of nitrogens with one attached hydrogen (secondary N) is 1. The number of nitrogens with zero attached hydrogens (tertiary/aromatic N) is 1. The Kier molecular flexibility index (Phi) is 4.30. The van der Waals surface area contributed by atoms with Crippen molar-refractivity contribution in [2.24, 2.45) is 0 Å². The summed E-state index contributed by atoms with van der Waals surface area (Å²) in [6.45, 7) is 4.02. The van der Waals surface area contributed by atoms with Crippen molar-refractivity contribution in [3.05, 3.63) is 53.5 Å². The van der Waals surface area contributed by atoms with Crippen LogP contribution in [0.4, 0.5) is 10.1 Å². The Bertz CT molecular complexity index is 629. The van der Waals surface area contributed by atoms with E-state index in [4.69, 9.17) is 4.74 Å². The lowest BCUT2D eigenvalue weighted by atomic mass is 10.2. The predicted octanol–water partition coefficient (Wildman–Crippen LogP) is 3.18. The fraction of sp³-hybridized carbons (Fsp3) is 0.200. The van der Waals surface area contributed by atoms with Gasteiger partial charge in [-0.2, -0.15) is 0 Å². The van der Waals surface area contributed by atoms with Crippen molar-refractivity contribution in [3.63, 3.8) is 0 Å². The smallest absolute Gasteiger partial charge is 0.261 e. The molecule has 4 nitrogen and oxygen atoms in total. The Hall–Kier alpha value is -2.43. The minimum absolute atomic E-state index is 0.265. The summed E-state index contributed by atoms with van der Waals surface area (Å²) in [6, 6.07) is 7.50. The number of carbonyl (C=O) groups is 1. The van der Waals surface area contributed by atoms with E-state index in [1.807, 2.05) is 6.92 Å². The summed E-state index contributed by atoms with van der Waals surface area (Å²) in [5, 5.41) is 2.67. The van der Waals surface area contributed by atoms with E-state index in [0.717, 1.165) is 5.56 Å². The number of aromatic nitrogens is 1. The third-order valence-corrected chi connectivity index (χ3v) is 2.74. The lowest BCUT2D eigenvalue weighted by Gasteiger charge is -2.11. The number of aryl methyl sites for hydroxylation is 1. The van der Waals surface area contributed by atoms with Crippen molar-refractivity contribution in [2.45, 2.75) is 13.8 Å². The second kappa shape index (κ2) is 6.14. The average molecular weight is 274 g/mol. The van der Waals surface area contributed by atoms with Gasteiger partial charge in [0.1, 0.15) is 11.4 Å². The summed E-state index contributed by atoms with van der Waals surface area (Å²) in [6.07, 6.45) is 1.55. The molecule has 1 N–H and O–H groups in total. The molecular weight excluding hydrogens is 259 g/mol. The molecule has 2 aromatic rings. The zero-order valence-electron chi connectivity index (χ0n) is 11.3. The molecule has 2 rings (SSSR count). The summed E-state index contributed by atoms with van der Waals surface area (Å²) >= 11 is 0. The molecule has 1 aromatic carbocycles. The van der Waals surface area contributed by atoms with Crippen LogP contribution < -0.4 is 10.1 Å². The fourth-order valence-corrected chi connectivity index (χ4v) is 1.73. The van der Waals surface area contributed by atoms with E-state index >= 15 is 0 Å². The van der Waals surface area contributed by atoms with Crippen molar-refractivity contribution in [1.82, 2.24) is 4.98 Å². The Morgan fingerprint density at radius 1 is 1.40 bits per heavy atom. The summed E-state index contributed by atoms with van der Waals surface area (Å²) in [5.74, 6) is -0.515. The highest BCUT2D eigenvalue weighted by atomic mass is 19.1. The van der Waals surface area contributed by atoms with Gasteiger partial charge in [0.2, 0.25) is 5.88 Å². The predicted molar refractivity (Wildman–Crippen MR) is 74.5 cm³/mol. The van der Waals surface area contributed by atoms with Crippen LogP contribution in [0.2, 0.25) is 0 Å². The maximum atomic E-state index is 13.2. The highest BCUT2D eigenvalue weighted by molar-refractivity contribution is 6.06. The van der Waals surface area contributed by atoms with Gasteiger partial charge in [-0.05, 0) is 43.7 Å². The van der Waals surface area contributed by atoms with Gasteiger partial charge in [-0.1, -0.05) is 6.07 Å². The number of halogens is 1. The third kappa shape index (κ3) is 3.12. The van der Waals surface area contributed by atoms with Gasteiger partial charge in [0.05, 0.1) is 6.61 Å². The molecule has 0 aliphatic heterocycles. The second-order valence-corrected chi connectivity index (χ2v) is 4.20. The van der Waals surface area contributed by atoms with Crippen LogP contribution in [0.3, 0.4) is 0 Å². The number of pyridine rings is 1. The monoisotopic (exact) mass is 274 g/mol. The van der Waals surface area contributed by atoms with Gasteiger partial charge < -0.3 is 10.1 Å². The number of hydrogen-bond acceptors (Lipinski definition) is 3. The molecule has 0 radical (unpaired) electrons. The van der Waals surface area contributed by atoms with Gasteiger partial charge in [0.25, 0.3) is 5.91 Å². The van der Waals surface area contributed by atoms with Gasteiger partial charge >= 0.3 is 0 Å². The molecule has 1 aromatic heterocycles. The molecule has 0 saturated heterocycles. The van der Waals surface area contributed by atoms with Crippen LogP contribution in [-0.4, -0.2) is 17.5 Å². The van der Waals surface area contributed by atoms with Crippen molar-refractivity contribution in [3.8, 4) is 5.88 Å². The number of ether oxygens (including phenoxy) is 1. The normalized spacial score (nSPS) is 10.2. The molecular formula is C15H15FN2O2. The zero-order chi connectivity index (χ0) is 14.5. The molecule has 0 bridgehead atoms. The number of rotatable bonds is 4. The molecule has 0 saturated carbocycles. The van der Waals surface area contributed by atoms with E-state index in [-0.39, 0.29) is 11.8 Å². The number of hydrogen-bond donors (Lipinski definition) is 1. The van der Waals surface area contributed by atoms with Crippen LogP contribution in [0.25, 0.3) is 0 Å². The topological polar surface area (TPSA) is 51.2 Å². The highest BCUT2D eigenvalue weighted by Crippen LogP contribution is 2.20. The maximum Gasteiger partial charge on any atom is 0.261 e. The fourth-order valence-electron chi connectivity index (χ4n) is 1.73. The molecule has 0 aliphatic rings. The van der Waals surface area contributed by atoms with Crippen LogP contribution in [0, 0.1) is 12.7 Å². The number of amides is 1. The number of benzene rings is 1. The summed E-state index contributed by atoms with van der Waals surface area (Å²) in [7, 11) is 0. The van der Waals surface area contributed by atoms with Crippen LogP contribution in [-0.2, 0) is 0 Å². The van der Waals surface area contributed by atoms with Crippen molar-refractivity contribution >= 4 is 11.6 Å². The lowest BCUT2D eigenvalue weighted by molar-refractivity contribution is 0.102. The third-order valence-electron chi connectivity index (χ3n) is 2.74. The SMILES string of the molecule is CCOc1ncccc1C(=O)Nc1cc(F)ccc1C. The van der Waals surface area contributed by atoms with Crippen LogP contribution in [0.5, 0.6) is 5.88 Å². The Labute approximate surface area is 116 Å². The van der Waals surface area contributed by atoms with Crippen LogP contribution in [0.1, 0.15) is 22.8 Å². The molecule has 0 spiro atoms. The maximum absolute atomic E-state index is 13.2. The van der Waals surface area contributed by atoms with Crippen molar-refractivity contribution in [1.29, 1.82) is 0 Å². The standard InChI is InChI=1S/C15H15FN2O2/c1-3-20-15-12(5-4-8-17-15)14(19)18-13-9-11(16)7-6-10(13)2/h4-9H,3H2,1-2H3,(H,18,19). The van der Waals surface area contributed by atoms with Gasteiger partial charge in [0.15, 0.2) is 0 Å². The largest absolute Gasteiger partial charge is 0.477 e. The summed E-state index contributed by atoms with van der Waals surface area (Å²) < 4.78 is 18.5. The van der Waals surface area contributed by atoms with E-state index in [9.17, 15) is 9.18 Å².